The number of rotatable bonds is 8. The first-order valence-corrected chi connectivity index (χ1v) is 13.0. The molecule has 1 N–H and O–H groups in total. The fraction of sp³-hybridized carbons (Fsp3) is 0.0741. The highest BCUT2D eigenvalue weighted by molar-refractivity contribution is 7.92. The van der Waals surface area contributed by atoms with E-state index < -0.39 is 28.5 Å². The Morgan fingerprint density at radius 1 is 0.771 bits per heavy atom. The highest BCUT2D eigenvalue weighted by Gasteiger charge is 2.29. The normalized spacial score (nSPS) is 11.3. The van der Waals surface area contributed by atoms with Crippen LogP contribution >= 0.6 is 23.2 Å². The molecule has 0 heterocycles. The Morgan fingerprint density at radius 2 is 1.29 bits per heavy atom. The average molecular weight is 525 g/mol. The van der Waals surface area contributed by atoms with Crippen LogP contribution in [0.5, 0.6) is 0 Å². The van der Waals surface area contributed by atoms with Crippen molar-refractivity contribution in [2.45, 2.75) is 10.9 Å². The average Bonchev–Trinajstić information content (AvgIpc) is 2.88. The van der Waals surface area contributed by atoms with Gasteiger partial charge in [-0.15, -0.1) is 0 Å². The molecule has 0 atom stereocenters. The SMILES string of the molecule is O=C(CN(c1ccc(Cl)cc1Cl)S(=O)(=O)c1ccccc1)NC(c1ccccc1)c1ccccc1. The number of anilines is 1. The number of nitrogens with zero attached hydrogens (tertiary/aromatic N) is 1. The summed E-state index contributed by atoms with van der Waals surface area (Å²) in [4.78, 5) is 13.4. The molecule has 0 saturated heterocycles. The van der Waals surface area contributed by atoms with Gasteiger partial charge in [0.1, 0.15) is 6.54 Å². The van der Waals surface area contributed by atoms with Gasteiger partial charge in [0.2, 0.25) is 5.91 Å². The lowest BCUT2D eigenvalue weighted by molar-refractivity contribution is -0.120. The molecular weight excluding hydrogens is 503 g/mol. The molecule has 0 aromatic heterocycles. The zero-order valence-corrected chi connectivity index (χ0v) is 20.8. The van der Waals surface area contributed by atoms with Crippen molar-refractivity contribution in [3.8, 4) is 0 Å². The molecule has 0 aliphatic heterocycles. The number of nitrogens with one attached hydrogen (secondary N) is 1. The number of halogens is 2. The topological polar surface area (TPSA) is 66.5 Å². The number of benzene rings is 4. The van der Waals surface area contributed by atoms with Crippen molar-refractivity contribution in [3.05, 3.63) is 130 Å². The van der Waals surface area contributed by atoms with Gasteiger partial charge in [-0.2, -0.15) is 0 Å². The Kier molecular flexibility index (Phi) is 7.76. The summed E-state index contributed by atoms with van der Waals surface area (Å²) in [6, 6.07) is 30.9. The Morgan fingerprint density at radius 3 is 1.80 bits per heavy atom. The van der Waals surface area contributed by atoms with Crippen LogP contribution in [-0.2, 0) is 14.8 Å². The lowest BCUT2D eigenvalue weighted by atomic mass is 9.99. The molecule has 0 fully saturated rings. The standard InChI is InChI=1S/C27H22Cl2N2O3S/c28-22-16-17-25(24(29)18-22)31(35(33,34)23-14-8-3-9-15-23)19-26(32)30-27(20-10-4-1-5-11-20)21-12-6-2-7-13-21/h1-18,27H,19H2,(H,30,32). The van der Waals surface area contributed by atoms with Gasteiger partial charge in [0, 0.05) is 5.02 Å². The van der Waals surface area contributed by atoms with Gasteiger partial charge in [-0.1, -0.05) is 102 Å². The van der Waals surface area contributed by atoms with Crippen molar-refractivity contribution in [2.24, 2.45) is 0 Å². The Labute approximate surface area is 215 Å². The van der Waals surface area contributed by atoms with E-state index in [0.717, 1.165) is 15.4 Å². The van der Waals surface area contributed by atoms with Crippen LogP contribution in [-0.4, -0.2) is 20.9 Å². The zero-order valence-electron chi connectivity index (χ0n) is 18.5. The summed E-state index contributed by atoms with van der Waals surface area (Å²) < 4.78 is 28.2. The number of carbonyl (C=O) groups is 1. The number of carbonyl (C=O) groups excluding carboxylic acids is 1. The molecule has 0 unspecified atom stereocenters. The third-order valence-electron chi connectivity index (χ3n) is 5.37. The van der Waals surface area contributed by atoms with Crippen LogP contribution in [0.4, 0.5) is 5.69 Å². The van der Waals surface area contributed by atoms with E-state index in [1.54, 1.807) is 18.2 Å². The van der Waals surface area contributed by atoms with Crippen LogP contribution in [0.2, 0.25) is 10.0 Å². The van der Waals surface area contributed by atoms with Crippen molar-refractivity contribution in [2.75, 3.05) is 10.8 Å². The van der Waals surface area contributed by atoms with Gasteiger partial charge in [-0.05, 0) is 41.5 Å². The van der Waals surface area contributed by atoms with Crippen LogP contribution in [0, 0.1) is 0 Å². The molecule has 5 nitrogen and oxygen atoms in total. The van der Waals surface area contributed by atoms with Crippen LogP contribution < -0.4 is 9.62 Å². The molecule has 4 rings (SSSR count). The highest BCUT2D eigenvalue weighted by Crippen LogP contribution is 2.33. The van der Waals surface area contributed by atoms with E-state index in [2.05, 4.69) is 5.32 Å². The monoisotopic (exact) mass is 524 g/mol. The second kappa shape index (κ2) is 11.0. The maximum absolute atomic E-state index is 13.6. The number of hydrogen-bond acceptors (Lipinski definition) is 3. The molecule has 1 amide bonds. The molecule has 0 spiro atoms. The van der Waals surface area contributed by atoms with Gasteiger partial charge in [0.15, 0.2) is 0 Å². The molecular formula is C27H22Cl2N2O3S. The van der Waals surface area contributed by atoms with Gasteiger partial charge in [0.25, 0.3) is 10.0 Å². The lowest BCUT2D eigenvalue weighted by Crippen LogP contribution is -2.42. The smallest absolute Gasteiger partial charge is 0.264 e. The summed E-state index contributed by atoms with van der Waals surface area (Å²) in [7, 11) is -4.10. The van der Waals surface area contributed by atoms with E-state index in [4.69, 9.17) is 23.2 Å². The quantitative estimate of drug-likeness (QED) is 0.303. The molecule has 0 radical (unpaired) electrons. The van der Waals surface area contributed by atoms with Crippen molar-refractivity contribution in [1.29, 1.82) is 0 Å². The second-order valence-electron chi connectivity index (χ2n) is 7.74. The summed E-state index contributed by atoms with van der Waals surface area (Å²) in [6.45, 7) is -0.477. The van der Waals surface area contributed by atoms with Crippen LogP contribution in [0.25, 0.3) is 0 Å². The zero-order chi connectivity index (χ0) is 24.8. The Bertz CT molecular complexity index is 1360. The van der Waals surface area contributed by atoms with Crippen LogP contribution in [0.15, 0.2) is 114 Å². The van der Waals surface area contributed by atoms with Crippen molar-refractivity contribution in [3.63, 3.8) is 0 Å². The first-order valence-electron chi connectivity index (χ1n) is 10.8. The molecule has 4 aromatic rings. The summed E-state index contributed by atoms with van der Waals surface area (Å²) in [5.41, 5.74) is 1.90. The van der Waals surface area contributed by atoms with E-state index in [-0.39, 0.29) is 15.6 Å². The summed E-state index contributed by atoms with van der Waals surface area (Å²) >= 11 is 12.4. The minimum atomic E-state index is -4.10. The minimum Gasteiger partial charge on any atom is -0.344 e. The second-order valence-corrected chi connectivity index (χ2v) is 10.4. The van der Waals surface area contributed by atoms with E-state index >= 15 is 0 Å². The lowest BCUT2D eigenvalue weighted by Gasteiger charge is -2.27. The molecule has 4 aromatic carbocycles. The van der Waals surface area contributed by atoms with Crippen molar-refractivity contribution >= 4 is 44.8 Å². The van der Waals surface area contributed by atoms with Gasteiger partial charge < -0.3 is 5.32 Å². The molecule has 8 heteroatoms. The molecule has 178 valence electrons. The Balaban J connectivity index is 1.70. The Hall–Kier alpha value is -3.32. The van der Waals surface area contributed by atoms with Crippen LogP contribution in [0.1, 0.15) is 17.2 Å². The van der Waals surface area contributed by atoms with E-state index in [9.17, 15) is 13.2 Å². The van der Waals surface area contributed by atoms with Crippen molar-refractivity contribution < 1.29 is 13.2 Å². The molecule has 0 aliphatic rings. The third-order valence-corrected chi connectivity index (χ3v) is 7.68. The predicted molar refractivity (Wildman–Crippen MR) is 140 cm³/mol. The summed E-state index contributed by atoms with van der Waals surface area (Å²) in [5.74, 6) is -0.492. The molecule has 0 saturated carbocycles. The molecule has 0 bridgehead atoms. The van der Waals surface area contributed by atoms with Gasteiger partial charge in [0.05, 0.1) is 21.6 Å². The highest BCUT2D eigenvalue weighted by atomic mass is 35.5. The van der Waals surface area contributed by atoms with Gasteiger partial charge in [-0.3, -0.25) is 9.10 Å². The van der Waals surface area contributed by atoms with E-state index in [1.165, 1.54) is 30.3 Å². The maximum Gasteiger partial charge on any atom is 0.264 e. The van der Waals surface area contributed by atoms with E-state index in [0.29, 0.717) is 5.02 Å². The van der Waals surface area contributed by atoms with E-state index in [1.807, 2.05) is 60.7 Å². The van der Waals surface area contributed by atoms with Crippen molar-refractivity contribution in [1.82, 2.24) is 5.32 Å². The molecule has 0 aliphatic carbocycles. The minimum absolute atomic E-state index is 0.0430. The first kappa shape index (κ1) is 24.8. The number of amides is 1. The largest absolute Gasteiger partial charge is 0.344 e. The van der Waals surface area contributed by atoms with Crippen LogP contribution in [0.3, 0.4) is 0 Å². The predicted octanol–water partition coefficient (Wildman–Crippen LogP) is 6.09. The number of hydrogen-bond donors (Lipinski definition) is 1. The fourth-order valence-corrected chi connectivity index (χ4v) is 5.71. The fourth-order valence-electron chi connectivity index (χ4n) is 3.69. The van der Waals surface area contributed by atoms with Gasteiger partial charge in [-0.25, -0.2) is 8.42 Å². The summed E-state index contributed by atoms with van der Waals surface area (Å²) in [5, 5.41) is 3.46. The molecule has 35 heavy (non-hydrogen) atoms. The first-order chi connectivity index (χ1) is 16.9. The number of sulfonamides is 1. The maximum atomic E-state index is 13.6. The third kappa shape index (κ3) is 5.85. The summed E-state index contributed by atoms with van der Waals surface area (Å²) in [6.07, 6.45) is 0. The van der Waals surface area contributed by atoms with Gasteiger partial charge >= 0.3 is 0 Å².